The van der Waals surface area contributed by atoms with Gasteiger partial charge in [0, 0.05) is 5.56 Å². The molecule has 4 aromatic rings. The van der Waals surface area contributed by atoms with E-state index in [0.717, 1.165) is 11.1 Å². The van der Waals surface area contributed by atoms with Crippen LogP contribution in [-0.4, -0.2) is 22.9 Å². The van der Waals surface area contributed by atoms with E-state index in [1.54, 1.807) is 18.2 Å². The first kappa shape index (κ1) is 17.9. The minimum absolute atomic E-state index is 0.0320. The van der Waals surface area contributed by atoms with Gasteiger partial charge in [-0.3, -0.25) is 10.1 Å². The molecule has 0 atom stereocenters. The summed E-state index contributed by atoms with van der Waals surface area (Å²) in [5, 5.41) is 10.8. The highest BCUT2D eigenvalue weighted by Gasteiger charge is 2.24. The lowest BCUT2D eigenvalue weighted by Gasteiger charge is -2.16. The van der Waals surface area contributed by atoms with Crippen LogP contribution in [0.15, 0.2) is 83.3 Å². The quantitative estimate of drug-likeness (QED) is 0.540. The van der Waals surface area contributed by atoms with Gasteiger partial charge in [-0.2, -0.15) is 0 Å². The Labute approximate surface area is 172 Å². The maximum Gasteiger partial charge on any atom is 0.322 e. The van der Waals surface area contributed by atoms with Gasteiger partial charge in [0.05, 0.1) is 5.92 Å². The van der Waals surface area contributed by atoms with Crippen molar-refractivity contribution in [3.05, 3.63) is 90.0 Å². The van der Waals surface area contributed by atoms with Crippen LogP contribution in [-0.2, 0) is 4.79 Å². The van der Waals surface area contributed by atoms with Crippen molar-refractivity contribution in [2.45, 2.75) is 5.92 Å². The van der Waals surface area contributed by atoms with Crippen LogP contribution in [0, 0.1) is 0 Å². The highest BCUT2D eigenvalue weighted by Crippen LogP contribution is 2.36. The topological polar surface area (TPSA) is 86.5 Å². The molecule has 5 rings (SSSR count). The average Bonchev–Trinajstić information content (AvgIpc) is 3.44. The van der Waals surface area contributed by atoms with E-state index in [1.807, 2.05) is 60.7 Å². The van der Waals surface area contributed by atoms with Crippen LogP contribution in [0.3, 0.4) is 0 Å². The normalized spacial score (nSPS) is 12.2. The summed E-state index contributed by atoms with van der Waals surface area (Å²) < 4.78 is 16.4. The van der Waals surface area contributed by atoms with Crippen LogP contribution in [0.1, 0.15) is 17.0 Å². The Balaban J connectivity index is 1.40. The van der Waals surface area contributed by atoms with Gasteiger partial charge in [0.25, 0.3) is 0 Å². The fourth-order valence-corrected chi connectivity index (χ4v) is 3.38. The van der Waals surface area contributed by atoms with E-state index in [2.05, 4.69) is 15.5 Å². The highest BCUT2D eigenvalue weighted by molar-refractivity contribution is 5.96. The number of fused-ring (bicyclic) bond motifs is 1. The number of benzene rings is 3. The Hall–Kier alpha value is -4.13. The molecule has 2 heterocycles. The smallest absolute Gasteiger partial charge is 0.322 e. The molecule has 7 heteroatoms. The third-order valence-corrected chi connectivity index (χ3v) is 4.80. The molecule has 0 saturated carbocycles. The number of hydrogen-bond acceptors (Lipinski definition) is 6. The van der Waals surface area contributed by atoms with Crippen LogP contribution in [0.25, 0.3) is 11.5 Å². The van der Waals surface area contributed by atoms with Crippen molar-refractivity contribution in [1.82, 2.24) is 10.2 Å². The zero-order chi connectivity index (χ0) is 20.3. The van der Waals surface area contributed by atoms with E-state index in [-0.39, 0.29) is 24.6 Å². The number of carbonyl (C=O) groups excluding carboxylic acids is 1. The number of amides is 1. The summed E-state index contributed by atoms with van der Waals surface area (Å²) in [5.41, 5.74) is 2.42. The predicted molar refractivity (Wildman–Crippen MR) is 109 cm³/mol. The zero-order valence-corrected chi connectivity index (χ0v) is 15.8. The summed E-state index contributed by atoms with van der Waals surface area (Å²) >= 11 is 0. The number of hydrogen-bond donors (Lipinski definition) is 1. The molecule has 0 spiro atoms. The fourth-order valence-electron chi connectivity index (χ4n) is 3.38. The van der Waals surface area contributed by atoms with Gasteiger partial charge in [-0.05, 0) is 29.3 Å². The summed E-state index contributed by atoms with van der Waals surface area (Å²) in [4.78, 5) is 13.1. The largest absolute Gasteiger partial charge is 0.454 e. The monoisotopic (exact) mass is 399 g/mol. The fraction of sp³-hybridized carbons (Fsp3) is 0.0870. The third-order valence-electron chi connectivity index (χ3n) is 4.80. The SMILES string of the molecule is O=C(Nc1nnc(-c2ccc3c(c2)OCO3)o1)C(c1ccccc1)c1ccccc1. The number of ether oxygens (including phenoxy) is 2. The molecule has 7 nitrogen and oxygen atoms in total. The summed E-state index contributed by atoms with van der Waals surface area (Å²) in [6, 6.07) is 24.5. The first-order chi connectivity index (χ1) is 14.8. The van der Waals surface area contributed by atoms with Gasteiger partial charge >= 0.3 is 6.01 Å². The van der Waals surface area contributed by atoms with E-state index < -0.39 is 5.92 Å². The van der Waals surface area contributed by atoms with Crippen LogP contribution in [0.5, 0.6) is 11.5 Å². The van der Waals surface area contributed by atoms with Crippen LogP contribution in [0.4, 0.5) is 6.01 Å². The molecule has 1 aromatic heterocycles. The summed E-state index contributed by atoms with van der Waals surface area (Å²) in [6.07, 6.45) is 0. The molecule has 0 radical (unpaired) electrons. The molecule has 1 aliphatic heterocycles. The molecule has 3 aromatic carbocycles. The summed E-state index contributed by atoms with van der Waals surface area (Å²) in [6.45, 7) is 0.185. The lowest BCUT2D eigenvalue weighted by Crippen LogP contribution is -2.22. The molecular weight excluding hydrogens is 382 g/mol. The molecule has 0 fully saturated rings. The van der Waals surface area contributed by atoms with E-state index in [1.165, 1.54) is 0 Å². The van der Waals surface area contributed by atoms with Crippen molar-refractivity contribution in [2.75, 3.05) is 12.1 Å². The number of rotatable bonds is 5. The second-order valence-electron chi connectivity index (χ2n) is 6.72. The number of nitrogens with zero attached hydrogens (tertiary/aromatic N) is 2. The van der Waals surface area contributed by atoms with Crippen molar-refractivity contribution >= 4 is 11.9 Å². The first-order valence-corrected chi connectivity index (χ1v) is 9.42. The van der Waals surface area contributed by atoms with Crippen LogP contribution in [0.2, 0.25) is 0 Å². The van der Waals surface area contributed by atoms with E-state index in [4.69, 9.17) is 13.9 Å². The van der Waals surface area contributed by atoms with Gasteiger partial charge in [-0.25, -0.2) is 0 Å². The number of aromatic nitrogens is 2. The second kappa shape index (κ2) is 7.71. The van der Waals surface area contributed by atoms with Gasteiger partial charge in [0.15, 0.2) is 11.5 Å². The Morgan fingerprint density at radius 3 is 2.20 bits per heavy atom. The standard InChI is InChI=1S/C23H17N3O4/c27-21(20(15-7-3-1-4-8-15)16-9-5-2-6-10-16)24-23-26-25-22(30-23)17-11-12-18-19(13-17)29-14-28-18/h1-13,20H,14H2,(H,24,26,27). The Morgan fingerprint density at radius 2 is 1.50 bits per heavy atom. The van der Waals surface area contributed by atoms with Crippen molar-refractivity contribution in [2.24, 2.45) is 0 Å². The molecule has 0 unspecified atom stereocenters. The van der Waals surface area contributed by atoms with Gasteiger partial charge < -0.3 is 13.9 Å². The Bertz CT molecular complexity index is 1140. The lowest BCUT2D eigenvalue weighted by atomic mass is 9.90. The van der Waals surface area contributed by atoms with Crippen molar-refractivity contribution in [3.8, 4) is 23.0 Å². The van der Waals surface area contributed by atoms with E-state index in [9.17, 15) is 4.79 Å². The average molecular weight is 399 g/mol. The minimum Gasteiger partial charge on any atom is -0.454 e. The summed E-state index contributed by atoms with van der Waals surface area (Å²) in [7, 11) is 0. The molecule has 1 aliphatic rings. The molecular formula is C23H17N3O4. The molecule has 0 saturated heterocycles. The molecule has 0 aliphatic carbocycles. The maximum absolute atomic E-state index is 13.1. The first-order valence-electron chi connectivity index (χ1n) is 9.42. The van der Waals surface area contributed by atoms with E-state index >= 15 is 0 Å². The number of carbonyl (C=O) groups is 1. The zero-order valence-electron chi connectivity index (χ0n) is 15.8. The summed E-state index contributed by atoms with van der Waals surface area (Å²) in [5.74, 6) is 0.797. The van der Waals surface area contributed by atoms with Crippen molar-refractivity contribution < 1.29 is 18.7 Å². The lowest BCUT2D eigenvalue weighted by molar-refractivity contribution is -0.116. The minimum atomic E-state index is -0.506. The van der Waals surface area contributed by atoms with Crippen molar-refractivity contribution in [3.63, 3.8) is 0 Å². The van der Waals surface area contributed by atoms with Gasteiger partial charge in [0.2, 0.25) is 18.6 Å². The maximum atomic E-state index is 13.1. The van der Waals surface area contributed by atoms with Crippen LogP contribution < -0.4 is 14.8 Å². The second-order valence-corrected chi connectivity index (χ2v) is 6.72. The molecule has 30 heavy (non-hydrogen) atoms. The Kier molecular flexibility index (Phi) is 4.61. The van der Waals surface area contributed by atoms with Gasteiger partial charge in [0.1, 0.15) is 0 Å². The molecule has 1 N–H and O–H groups in total. The molecule has 1 amide bonds. The Morgan fingerprint density at radius 1 is 0.833 bits per heavy atom. The number of anilines is 1. The van der Waals surface area contributed by atoms with Crippen molar-refractivity contribution in [1.29, 1.82) is 0 Å². The van der Waals surface area contributed by atoms with Gasteiger partial charge in [-0.15, -0.1) is 5.10 Å². The number of nitrogens with one attached hydrogen (secondary N) is 1. The molecule has 148 valence electrons. The predicted octanol–water partition coefficient (Wildman–Crippen LogP) is 4.24. The van der Waals surface area contributed by atoms with E-state index in [0.29, 0.717) is 17.1 Å². The molecule has 0 bridgehead atoms. The van der Waals surface area contributed by atoms with Gasteiger partial charge in [-0.1, -0.05) is 65.8 Å². The van der Waals surface area contributed by atoms with Crippen LogP contribution >= 0.6 is 0 Å². The highest BCUT2D eigenvalue weighted by atomic mass is 16.7. The third kappa shape index (κ3) is 3.48.